The van der Waals surface area contributed by atoms with Crippen LogP contribution < -0.4 is 14.2 Å². The van der Waals surface area contributed by atoms with E-state index in [-0.39, 0.29) is 28.4 Å². The van der Waals surface area contributed by atoms with Crippen LogP contribution in [0, 0.1) is 0 Å². The van der Waals surface area contributed by atoms with Gasteiger partial charge < -0.3 is 29.5 Å². The zero-order chi connectivity index (χ0) is 16.4. The Morgan fingerprint density at radius 2 is 1.87 bits per heavy atom. The van der Waals surface area contributed by atoms with Crippen LogP contribution in [0.4, 0.5) is 0 Å². The Bertz CT molecular complexity index is 845. The van der Waals surface area contributed by atoms with E-state index in [0.717, 1.165) is 6.07 Å². The van der Waals surface area contributed by atoms with Crippen LogP contribution in [0.3, 0.4) is 0 Å². The molecule has 2 aromatic carbocycles. The standard InChI is InChI=1S/C16H12O7/c1-21-8-2-3-9-11(6-8)22-15-16(9,20)14(19)13-10(18)4-7(17)5-12(13)23-15/h2-6,15,17-18,20H,1H3. The zero-order valence-electron chi connectivity index (χ0n) is 11.9. The number of hydrogen-bond acceptors (Lipinski definition) is 7. The lowest BCUT2D eigenvalue weighted by molar-refractivity contribution is -0.118. The molecule has 2 aliphatic heterocycles. The Labute approximate surface area is 130 Å². The van der Waals surface area contributed by atoms with E-state index < -0.39 is 23.4 Å². The van der Waals surface area contributed by atoms with E-state index in [1.165, 1.54) is 25.3 Å². The molecule has 7 heteroatoms. The summed E-state index contributed by atoms with van der Waals surface area (Å²) in [7, 11) is 1.48. The molecule has 0 spiro atoms. The third-order valence-corrected chi connectivity index (χ3v) is 4.05. The fourth-order valence-electron chi connectivity index (χ4n) is 2.92. The summed E-state index contributed by atoms with van der Waals surface area (Å²) in [6.45, 7) is 0. The van der Waals surface area contributed by atoms with Crippen LogP contribution in [0.5, 0.6) is 28.7 Å². The van der Waals surface area contributed by atoms with Crippen LogP contribution in [0.25, 0.3) is 0 Å². The van der Waals surface area contributed by atoms with E-state index in [0.29, 0.717) is 5.75 Å². The number of Topliss-reactive ketones (excluding diaryl/α,β-unsaturated/α-hetero) is 1. The third kappa shape index (κ3) is 1.65. The second kappa shape index (κ2) is 4.30. The van der Waals surface area contributed by atoms with Gasteiger partial charge in [-0.3, -0.25) is 4.79 Å². The molecule has 0 saturated heterocycles. The van der Waals surface area contributed by atoms with Gasteiger partial charge in [-0.25, -0.2) is 0 Å². The highest BCUT2D eigenvalue weighted by molar-refractivity contribution is 6.09. The monoisotopic (exact) mass is 316 g/mol. The Morgan fingerprint density at radius 1 is 1.13 bits per heavy atom. The molecule has 2 aromatic rings. The summed E-state index contributed by atoms with van der Waals surface area (Å²) in [5, 5.41) is 30.4. The van der Waals surface area contributed by atoms with Gasteiger partial charge in [0.2, 0.25) is 11.4 Å². The van der Waals surface area contributed by atoms with E-state index in [1.54, 1.807) is 6.07 Å². The van der Waals surface area contributed by atoms with E-state index in [2.05, 4.69) is 0 Å². The minimum atomic E-state index is -2.08. The average Bonchev–Trinajstić information content (AvgIpc) is 2.79. The first-order chi connectivity index (χ1) is 10.9. The molecule has 0 fully saturated rings. The van der Waals surface area contributed by atoms with Gasteiger partial charge in [-0.1, -0.05) is 0 Å². The maximum atomic E-state index is 12.8. The maximum absolute atomic E-state index is 12.8. The average molecular weight is 316 g/mol. The van der Waals surface area contributed by atoms with Crippen molar-refractivity contribution in [3.8, 4) is 28.7 Å². The van der Waals surface area contributed by atoms with Crippen molar-refractivity contribution in [3.05, 3.63) is 41.5 Å². The molecule has 2 unspecified atom stereocenters. The maximum Gasteiger partial charge on any atom is 0.281 e. The third-order valence-electron chi connectivity index (χ3n) is 4.05. The van der Waals surface area contributed by atoms with E-state index in [9.17, 15) is 20.1 Å². The van der Waals surface area contributed by atoms with Crippen molar-refractivity contribution in [2.45, 2.75) is 11.9 Å². The summed E-state index contributed by atoms with van der Waals surface area (Å²) in [6.07, 6.45) is -1.31. The van der Waals surface area contributed by atoms with Gasteiger partial charge >= 0.3 is 0 Å². The first kappa shape index (κ1) is 13.7. The highest BCUT2D eigenvalue weighted by atomic mass is 16.7. The lowest BCUT2D eigenvalue weighted by Gasteiger charge is -2.33. The minimum Gasteiger partial charge on any atom is -0.508 e. The number of phenols is 2. The summed E-state index contributed by atoms with van der Waals surface area (Å²) < 4.78 is 16.1. The molecule has 2 aliphatic rings. The normalized spacial score (nSPS) is 24.1. The Balaban J connectivity index is 1.90. The summed E-state index contributed by atoms with van der Waals surface area (Å²) in [4.78, 5) is 12.8. The SMILES string of the molecule is COc1ccc2c(c1)OC1Oc3cc(O)cc(O)c3C(=O)C21O. The number of aromatic hydroxyl groups is 2. The number of hydrogen-bond donors (Lipinski definition) is 3. The fraction of sp³-hybridized carbons (Fsp3) is 0.188. The van der Waals surface area contributed by atoms with Gasteiger partial charge in [0.1, 0.15) is 34.3 Å². The number of carbonyl (C=O) groups is 1. The second-order valence-electron chi connectivity index (χ2n) is 5.36. The first-order valence-electron chi connectivity index (χ1n) is 6.80. The molecule has 2 atom stereocenters. The van der Waals surface area contributed by atoms with Crippen molar-refractivity contribution < 1.29 is 34.3 Å². The number of aliphatic hydroxyl groups is 1. The van der Waals surface area contributed by atoms with Crippen LogP contribution in [-0.2, 0) is 5.60 Å². The molecule has 0 bridgehead atoms. The van der Waals surface area contributed by atoms with Crippen LogP contribution in [0.15, 0.2) is 30.3 Å². The summed E-state index contributed by atoms with van der Waals surface area (Å²) in [6, 6.07) is 6.82. The highest BCUT2D eigenvalue weighted by Crippen LogP contribution is 2.51. The van der Waals surface area contributed by atoms with Gasteiger partial charge in [-0.05, 0) is 12.1 Å². The fourth-order valence-corrected chi connectivity index (χ4v) is 2.92. The molecule has 4 rings (SSSR count). The van der Waals surface area contributed by atoms with E-state index in [4.69, 9.17) is 14.2 Å². The number of ether oxygens (including phenoxy) is 3. The Kier molecular flexibility index (Phi) is 2.56. The van der Waals surface area contributed by atoms with Crippen molar-refractivity contribution in [1.29, 1.82) is 0 Å². The molecule has 2 heterocycles. The van der Waals surface area contributed by atoms with Gasteiger partial charge in [0.05, 0.1) is 7.11 Å². The molecule has 0 saturated carbocycles. The van der Waals surface area contributed by atoms with Crippen molar-refractivity contribution in [2.75, 3.05) is 7.11 Å². The van der Waals surface area contributed by atoms with E-state index >= 15 is 0 Å². The molecular weight excluding hydrogens is 304 g/mol. The van der Waals surface area contributed by atoms with Crippen molar-refractivity contribution in [3.63, 3.8) is 0 Å². The zero-order valence-corrected chi connectivity index (χ0v) is 11.9. The number of methoxy groups -OCH3 is 1. The van der Waals surface area contributed by atoms with Crippen molar-refractivity contribution >= 4 is 5.78 Å². The van der Waals surface area contributed by atoms with E-state index in [1.807, 2.05) is 0 Å². The van der Waals surface area contributed by atoms with Gasteiger partial charge in [0, 0.05) is 23.8 Å². The molecule has 7 nitrogen and oxygen atoms in total. The summed E-state index contributed by atoms with van der Waals surface area (Å²) >= 11 is 0. The number of rotatable bonds is 1. The van der Waals surface area contributed by atoms with Crippen LogP contribution in [0.2, 0.25) is 0 Å². The molecule has 0 aromatic heterocycles. The minimum absolute atomic E-state index is 0.0538. The molecule has 0 radical (unpaired) electrons. The van der Waals surface area contributed by atoms with Gasteiger partial charge in [-0.15, -0.1) is 0 Å². The molecule has 0 aliphatic carbocycles. The molecule has 0 amide bonds. The number of fused-ring (bicyclic) bond motifs is 4. The number of benzene rings is 2. The summed E-state index contributed by atoms with van der Waals surface area (Å²) in [5.41, 5.74) is -2.05. The van der Waals surface area contributed by atoms with Crippen LogP contribution in [-0.4, -0.2) is 34.5 Å². The highest BCUT2D eigenvalue weighted by Gasteiger charge is 2.59. The predicted molar refractivity (Wildman–Crippen MR) is 76.0 cm³/mol. The smallest absolute Gasteiger partial charge is 0.281 e. The topological polar surface area (TPSA) is 105 Å². The van der Waals surface area contributed by atoms with Gasteiger partial charge in [-0.2, -0.15) is 0 Å². The van der Waals surface area contributed by atoms with Crippen molar-refractivity contribution in [2.24, 2.45) is 0 Å². The lowest BCUT2D eigenvalue weighted by Crippen LogP contribution is -2.51. The van der Waals surface area contributed by atoms with Crippen LogP contribution >= 0.6 is 0 Å². The lowest BCUT2D eigenvalue weighted by atomic mass is 9.84. The second-order valence-corrected chi connectivity index (χ2v) is 5.36. The van der Waals surface area contributed by atoms with Gasteiger partial charge in [0.15, 0.2) is 0 Å². The van der Waals surface area contributed by atoms with Crippen molar-refractivity contribution in [1.82, 2.24) is 0 Å². The molecule has 3 N–H and O–H groups in total. The number of phenolic OH excluding ortho intramolecular Hbond substituents is 2. The number of carbonyl (C=O) groups excluding carboxylic acids is 1. The van der Waals surface area contributed by atoms with Crippen LogP contribution in [0.1, 0.15) is 15.9 Å². The number of ketones is 1. The predicted octanol–water partition coefficient (Wildman–Crippen LogP) is 1.29. The van der Waals surface area contributed by atoms with Gasteiger partial charge in [0.25, 0.3) is 6.29 Å². The summed E-state index contributed by atoms with van der Waals surface area (Å²) in [5.74, 6) is -0.805. The molecule has 23 heavy (non-hydrogen) atoms. The Hall–Kier alpha value is -2.93. The Morgan fingerprint density at radius 3 is 2.61 bits per heavy atom. The quantitative estimate of drug-likeness (QED) is 0.728. The molecular formula is C16H12O7. The molecule has 118 valence electrons. The first-order valence-corrected chi connectivity index (χ1v) is 6.80. The largest absolute Gasteiger partial charge is 0.508 e.